The van der Waals surface area contributed by atoms with E-state index in [4.69, 9.17) is 4.84 Å². The van der Waals surface area contributed by atoms with E-state index in [1.165, 1.54) is 13.0 Å². The number of rotatable bonds is 2. The molecular formula is C11H11F4NO. The van der Waals surface area contributed by atoms with E-state index in [-0.39, 0.29) is 6.61 Å². The molecule has 2 nitrogen and oxygen atoms in total. The number of hydrogen-bond donors (Lipinski definition) is 1. The normalized spacial score (nSPS) is 28.9. The van der Waals surface area contributed by atoms with Gasteiger partial charge in [-0.3, -0.25) is 0 Å². The molecule has 0 spiro atoms. The van der Waals surface area contributed by atoms with Crippen molar-refractivity contribution in [1.29, 1.82) is 0 Å². The molecule has 1 aliphatic rings. The minimum Gasteiger partial charge on any atom is -0.300 e. The lowest BCUT2D eigenvalue weighted by atomic mass is 9.80. The molecule has 1 fully saturated rings. The standard InChI is InChI=1S/C11H11F4NO/c1-6-5-17-16-11(6,10(14)15)7-3-2-4-8(12)9(7)13/h2-4,6,10,16H,5H2,1H3. The fraction of sp³-hybridized carbons (Fsp3) is 0.455. The maximum atomic E-state index is 13.6. The largest absolute Gasteiger partial charge is 0.300 e. The molecule has 0 aliphatic carbocycles. The van der Waals surface area contributed by atoms with Crippen molar-refractivity contribution in [3.8, 4) is 0 Å². The fourth-order valence-corrected chi connectivity index (χ4v) is 2.04. The summed E-state index contributed by atoms with van der Waals surface area (Å²) in [6, 6.07) is 3.23. The average Bonchev–Trinajstić information content (AvgIpc) is 2.65. The molecule has 0 aromatic heterocycles. The van der Waals surface area contributed by atoms with E-state index in [9.17, 15) is 17.6 Å². The minimum absolute atomic E-state index is 0.0142. The fourth-order valence-electron chi connectivity index (χ4n) is 2.04. The van der Waals surface area contributed by atoms with Gasteiger partial charge in [0.05, 0.1) is 6.61 Å². The molecule has 1 saturated heterocycles. The number of nitrogens with one attached hydrogen (secondary N) is 1. The third-order valence-electron chi connectivity index (χ3n) is 3.09. The summed E-state index contributed by atoms with van der Waals surface area (Å²) < 4.78 is 53.2. The minimum atomic E-state index is -2.91. The smallest absolute Gasteiger partial charge is 0.263 e. The van der Waals surface area contributed by atoms with Crippen LogP contribution >= 0.6 is 0 Å². The number of alkyl halides is 2. The van der Waals surface area contributed by atoms with Crippen LogP contribution in [-0.2, 0) is 10.4 Å². The molecule has 1 aromatic rings. The third-order valence-corrected chi connectivity index (χ3v) is 3.09. The van der Waals surface area contributed by atoms with E-state index in [2.05, 4.69) is 5.48 Å². The van der Waals surface area contributed by atoms with E-state index in [0.29, 0.717) is 0 Å². The molecule has 0 bridgehead atoms. The Morgan fingerprint density at radius 1 is 1.41 bits per heavy atom. The molecule has 2 unspecified atom stereocenters. The van der Waals surface area contributed by atoms with Gasteiger partial charge < -0.3 is 4.84 Å². The second-order valence-electron chi connectivity index (χ2n) is 4.09. The van der Waals surface area contributed by atoms with Gasteiger partial charge in [0.25, 0.3) is 6.43 Å². The first-order valence-corrected chi connectivity index (χ1v) is 5.11. The van der Waals surface area contributed by atoms with Crippen LogP contribution in [0, 0.1) is 17.6 Å². The Hall–Kier alpha value is -1.14. The van der Waals surface area contributed by atoms with Crippen LogP contribution in [0.2, 0.25) is 0 Å². The summed E-state index contributed by atoms with van der Waals surface area (Å²) in [5.74, 6) is -3.08. The van der Waals surface area contributed by atoms with Gasteiger partial charge in [-0.15, -0.1) is 0 Å². The zero-order valence-electron chi connectivity index (χ0n) is 9.01. The topological polar surface area (TPSA) is 21.3 Å². The molecule has 2 atom stereocenters. The van der Waals surface area contributed by atoms with Gasteiger partial charge in [0.1, 0.15) is 5.54 Å². The molecule has 94 valence electrons. The quantitative estimate of drug-likeness (QED) is 0.813. The van der Waals surface area contributed by atoms with Crippen LogP contribution in [0.3, 0.4) is 0 Å². The Kier molecular flexibility index (Phi) is 3.09. The average molecular weight is 249 g/mol. The van der Waals surface area contributed by atoms with Crippen LogP contribution in [0.4, 0.5) is 17.6 Å². The van der Waals surface area contributed by atoms with Crippen molar-refractivity contribution in [2.75, 3.05) is 6.61 Å². The van der Waals surface area contributed by atoms with Gasteiger partial charge in [-0.25, -0.2) is 17.6 Å². The van der Waals surface area contributed by atoms with Gasteiger partial charge in [-0.2, -0.15) is 5.48 Å². The van der Waals surface area contributed by atoms with E-state index in [0.717, 1.165) is 12.1 Å². The van der Waals surface area contributed by atoms with Gasteiger partial charge in [-0.1, -0.05) is 19.1 Å². The Morgan fingerprint density at radius 3 is 2.65 bits per heavy atom. The van der Waals surface area contributed by atoms with Crippen molar-refractivity contribution in [1.82, 2.24) is 5.48 Å². The van der Waals surface area contributed by atoms with E-state index >= 15 is 0 Å². The van der Waals surface area contributed by atoms with Crippen LogP contribution in [0.15, 0.2) is 18.2 Å². The number of hydrogen-bond acceptors (Lipinski definition) is 2. The first kappa shape index (κ1) is 12.3. The number of benzene rings is 1. The highest BCUT2D eigenvalue weighted by Crippen LogP contribution is 2.40. The van der Waals surface area contributed by atoms with Gasteiger partial charge in [0.2, 0.25) is 0 Å². The Labute approximate surface area is 95.5 Å². The van der Waals surface area contributed by atoms with Crippen molar-refractivity contribution in [2.45, 2.75) is 18.9 Å². The zero-order chi connectivity index (χ0) is 12.6. The Morgan fingerprint density at radius 2 is 2.12 bits per heavy atom. The van der Waals surface area contributed by atoms with Gasteiger partial charge in [-0.05, 0) is 6.07 Å². The van der Waals surface area contributed by atoms with E-state index < -0.39 is 35.1 Å². The van der Waals surface area contributed by atoms with Gasteiger partial charge >= 0.3 is 0 Å². The third kappa shape index (κ3) is 1.71. The molecule has 1 N–H and O–H groups in total. The lowest BCUT2D eigenvalue weighted by Gasteiger charge is -2.31. The maximum absolute atomic E-state index is 13.6. The number of halogens is 4. The lowest BCUT2D eigenvalue weighted by Crippen LogP contribution is -2.48. The molecule has 0 saturated carbocycles. The summed E-state index contributed by atoms with van der Waals surface area (Å²) >= 11 is 0. The SMILES string of the molecule is CC1CONC1(c1cccc(F)c1F)C(F)F. The molecule has 2 rings (SSSR count). The second-order valence-corrected chi connectivity index (χ2v) is 4.09. The van der Waals surface area contributed by atoms with E-state index in [1.807, 2.05) is 0 Å². The highest BCUT2D eigenvalue weighted by atomic mass is 19.3. The predicted molar refractivity (Wildman–Crippen MR) is 52.3 cm³/mol. The maximum Gasteiger partial charge on any atom is 0.263 e. The molecule has 1 aromatic carbocycles. The van der Waals surface area contributed by atoms with Crippen molar-refractivity contribution in [3.63, 3.8) is 0 Å². The number of hydroxylamine groups is 1. The van der Waals surface area contributed by atoms with Crippen LogP contribution in [0.1, 0.15) is 12.5 Å². The monoisotopic (exact) mass is 249 g/mol. The van der Waals surface area contributed by atoms with Crippen molar-refractivity contribution >= 4 is 0 Å². The molecule has 17 heavy (non-hydrogen) atoms. The van der Waals surface area contributed by atoms with Crippen LogP contribution < -0.4 is 5.48 Å². The van der Waals surface area contributed by atoms with Crippen LogP contribution in [0.25, 0.3) is 0 Å². The van der Waals surface area contributed by atoms with Crippen LogP contribution in [0.5, 0.6) is 0 Å². The van der Waals surface area contributed by atoms with E-state index in [1.54, 1.807) is 0 Å². The summed E-state index contributed by atoms with van der Waals surface area (Å²) in [6.45, 7) is 1.51. The second kappa shape index (κ2) is 4.27. The first-order valence-electron chi connectivity index (χ1n) is 5.11. The van der Waals surface area contributed by atoms with Gasteiger partial charge in [0, 0.05) is 11.5 Å². The molecule has 1 aliphatic heterocycles. The molecule has 1 heterocycles. The molecular weight excluding hydrogens is 238 g/mol. The van der Waals surface area contributed by atoms with Crippen molar-refractivity contribution < 1.29 is 22.4 Å². The first-order chi connectivity index (χ1) is 8.00. The van der Waals surface area contributed by atoms with Crippen molar-refractivity contribution in [3.05, 3.63) is 35.4 Å². The summed E-state index contributed by atoms with van der Waals surface area (Å²) in [6.07, 6.45) is -2.91. The molecule has 6 heteroatoms. The Balaban J connectivity index is 2.58. The highest BCUT2D eigenvalue weighted by Gasteiger charge is 2.52. The zero-order valence-corrected chi connectivity index (χ0v) is 9.01. The van der Waals surface area contributed by atoms with Gasteiger partial charge in [0.15, 0.2) is 11.6 Å². The summed E-state index contributed by atoms with van der Waals surface area (Å²) in [7, 11) is 0. The summed E-state index contributed by atoms with van der Waals surface area (Å²) in [5.41, 5.74) is -0.252. The van der Waals surface area contributed by atoms with Crippen molar-refractivity contribution in [2.24, 2.45) is 5.92 Å². The lowest BCUT2D eigenvalue weighted by molar-refractivity contribution is -0.0330. The molecule has 0 radical (unpaired) electrons. The summed E-state index contributed by atoms with van der Waals surface area (Å²) in [5, 5.41) is 0. The predicted octanol–water partition coefficient (Wildman–Crippen LogP) is 2.60. The van der Waals surface area contributed by atoms with Crippen LogP contribution in [-0.4, -0.2) is 13.0 Å². The summed E-state index contributed by atoms with van der Waals surface area (Å²) in [4.78, 5) is 4.76. The molecule has 0 amide bonds. The Bertz CT molecular complexity index is 426. The highest BCUT2D eigenvalue weighted by molar-refractivity contribution is 5.29.